The quantitative estimate of drug-likeness (QED) is 0.179. The average molecular weight is 596 g/mol. The van der Waals surface area contributed by atoms with Gasteiger partial charge in [0.25, 0.3) is 5.91 Å². The maximum Gasteiger partial charge on any atom is 0.253 e. The molecule has 0 saturated carbocycles. The second-order valence-electron chi connectivity index (χ2n) is 12.1. The van der Waals surface area contributed by atoms with E-state index in [-0.39, 0.29) is 11.8 Å². The van der Waals surface area contributed by atoms with E-state index in [1.807, 2.05) is 66.5 Å². The Kier molecular flexibility index (Phi) is 9.66. The minimum atomic E-state index is -0.426. The highest BCUT2D eigenvalue weighted by Gasteiger charge is 2.34. The number of fused-ring (bicyclic) bond motifs is 2. The van der Waals surface area contributed by atoms with Crippen molar-refractivity contribution in [2.24, 2.45) is 5.92 Å². The number of nitrogens with zero attached hydrogens (tertiary/aromatic N) is 5. The fraction of sp³-hybridized carbons (Fsp3) is 0.444. The van der Waals surface area contributed by atoms with Gasteiger partial charge in [0.2, 0.25) is 12.2 Å². The summed E-state index contributed by atoms with van der Waals surface area (Å²) in [5, 5.41) is 0. The van der Waals surface area contributed by atoms with Gasteiger partial charge < -0.3 is 28.7 Å². The van der Waals surface area contributed by atoms with Crippen LogP contribution in [0.2, 0.25) is 0 Å². The lowest BCUT2D eigenvalue weighted by Crippen LogP contribution is -2.42. The van der Waals surface area contributed by atoms with Gasteiger partial charge in [-0.1, -0.05) is 62.2 Å². The van der Waals surface area contributed by atoms with Crippen molar-refractivity contribution < 1.29 is 14.3 Å². The molecule has 1 aromatic heterocycles. The van der Waals surface area contributed by atoms with Gasteiger partial charge in [0.1, 0.15) is 0 Å². The number of unbranched alkanes of at least 4 members (excludes halogenated alkanes) is 2. The molecule has 8 heteroatoms. The minimum absolute atomic E-state index is 0.0124. The van der Waals surface area contributed by atoms with Crippen LogP contribution in [0.1, 0.15) is 49.4 Å². The molecule has 4 aromatic rings. The van der Waals surface area contributed by atoms with Crippen LogP contribution in [0, 0.1) is 5.92 Å². The SMILES string of the molecule is CCCCCn1c(N2CCCN(CCC(CN(C)C(=O)c3ccccc3)C3Oc4ccccc4O3)CC2)nc2ccccc21. The summed E-state index contributed by atoms with van der Waals surface area (Å²) in [6.45, 7) is 8.66. The zero-order chi connectivity index (χ0) is 30.3. The molecule has 1 saturated heterocycles. The van der Waals surface area contributed by atoms with Crippen molar-refractivity contribution in [3.05, 3.63) is 84.4 Å². The Hall–Kier alpha value is -4.04. The summed E-state index contributed by atoms with van der Waals surface area (Å²) in [4.78, 5) is 25.2. The van der Waals surface area contributed by atoms with Gasteiger partial charge in [-0.3, -0.25) is 4.79 Å². The predicted octanol–water partition coefficient (Wildman–Crippen LogP) is 6.31. The highest BCUT2D eigenvalue weighted by Crippen LogP contribution is 2.37. The van der Waals surface area contributed by atoms with Crippen LogP contribution < -0.4 is 14.4 Å². The van der Waals surface area contributed by atoms with E-state index in [4.69, 9.17) is 14.5 Å². The summed E-state index contributed by atoms with van der Waals surface area (Å²) in [5.74, 6) is 2.67. The van der Waals surface area contributed by atoms with Gasteiger partial charge in [0, 0.05) is 45.3 Å². The standard InChI is InChI=1S/C36H45N5O3/c1-3-4-12-23-41-31-17-9-8-16-30(31)37-36(41)40-22-13-21-39(25-26-40)24-20-29(35-43-32-18-10-11-19-33(32)44-35)27-38(2)34(42)28-14-6-5-7-15-28/h5-11,14-19,29,35H,3-4,12-13,20-27H2,1-2H3. The first kappa shape index (κ1) is 30.0. The van der Waals surface area contributed by atoms with E-state index in [0.29, 0.717) is 12.1 Å². The van der Waals surface area contributed by atoms with Gasteiger partial charge in [-0.2, -0.15) is 0 Å². The number of aromatic nitrogens is 2. The molecule has 1 atom stereocenters. The first-order valence-corrected chi connectivity index (χ1v) is 16.3. The number of ether oxygens (including phenoxy) is 2. The number of carbonyl (C=O) groups is 1. The van der Waals surface area contributed by atoms with Crippen LogP contribution in [0.4, 0.5) is 5.95 Å². The molecule has 0 spiro atoms. The topological polar surface area (TPSA) is 63.1 Å². The smallest absolute Gasteiger partial charge is 0.253 e. The number of amides is 1. The second kappa shape index (κ2) is 14.2. The van der Waals surface area contributed by atoms with Crippen LogP contribution in [0.15, 0.2) is 78.9 Å². The molecule has 1 amide bonds. The molecule has 1 unspecified atom stereocenters. The van der Waals surface area contributed by atoms with Crippen molar-refractivity contribution in [1.29, 1.82) is 0 Å². The zero-order valence-electron chi connectivity index (χ0n) is 26.1. The lowest BCUT2D eigenvalue weighted by molar-refractivity contribution is -0.0189. The largest absolute Gasteiger partial charge is 0.451 e. The average Bonchev–Trinajstić information content (AvgIpc) is 3.57. The van der Waals surface area contributed by atoms with Gasteiger partial charge in [0.05, 0.1) is 17.0 Å². The van der Waals surface area contributed by atoms with Crippen LogP contribution in [-0.4, -0.2) is 77.9 Å². The third kappa shape index (κ3) is 6.86. The Morgan fingerprint density at radius 1 is 0.886 bits per heavy atom. The lowest BCUT2D eigenvalue weighted by atomic mass is 10.0. The second-order valence-corrected chi connectivity index (χ2v) is 12.1. The minimum Gasteiger partial charge on any atom is -0.451 e. The molecule has 2 aliphatic heterocycles. The number of anilines is 1. The normalized spacial score (nSPS) is 16.3. The van der Waals surface area contributed by atoms with Crippen molar-refractivity contribution >= 4 is 22.9 Å². The summed E-state index contributed by atoms with van der Waals surface area (Å²) in [5.41, 5.74) is 3.00. The Morgan fingerprint density at radius 3 is 2.39 bits per heavy atom. The van der Waals surface area contributed by atoms with Gasteiger partial charge in [0.15, 0.2) is 11.5 Å². The van der Waals surface area contributed by atoms with E-state index in [0.717, 1.165) is 75.1 Å². The van der Waals surface area contributed by atoms with Crippen molar-refractivity contribution in [3.8, 4) is 11.5 Å². The van der Waals surface area contributed by atoms with E-state index in [1.54, 1.807) is 0 Å². The summed E-state index contributed by atoms with van der Waals surface area (Å²) < 4.78 is 15.0. The molecule has 6 rings (SSSR count). The molecule has 1 fully saturated rings. The van der Waals surface area contributed by atoms with Crippen molar-refractivity contribution in [1.82, 2.24) is 19.4 Å². The molecule has 0 radical (unpaired) electrons. The maximum absolute atomic E-state index is 13.2. The Bertz CT molecular complexity index is 1500. The molecule has 8 nitrogen and oxygen atoms in total. The number of aryl methyl sites for hydroxylation is 1. The molecule has 44 heavy (non-hydrogen) atoms. The highest BCUT2D eigenvalue weighted by atomic mass is 16.7. The third-order valence-electron chi connectivity index (χ3n) is 8.90. The Labute approximate surface area is 261 Å². The summed E-state index contributed by atoms with van der Waals surface area (Å²) >= 11 is 0. The Balaban J connectivity index is 1.12. The monoisotopic (exact) mass is 595 g/mol. The van der Waals surface area contributed by atoms with Crippen LogP contribution in [-0.2, 0) is 6.54 Å². The van der Waals surface area contributed by atoms with Crippen molar-refractivity contribution in [2.45, 2.75) is 51.9 Å². The first-order valence-electron chi connectivity index (χ1n) is 16.3. The van der Waals surface area contributed by atoms with E-state index >= 15 is 0 Å². The molecular weight excluding hydrogens is 550 g/mol. The number of imidazole rings is 1. The van der Waals surface area contributed by atoms with E-state index in [1.165, 1.54) is 24.8 Å². The van der Waals surface area contributed by atoms with Gasteiger partial charge in [-0.15, -0.1) is 0 Å². The van der Waals surface area contributed by atoms with Crippen LogP contribution >= 0.6 is 0 Å². The molecule has 232 valence electrons. The number of benzene rings is 3. The first-order chi connectivity index (χ1) is 21.6. The number of hydrogen-bond donors (Lipinski definition) is 0. The predicted molar refractivity (Wildman–Crippen MR) is 176 cm³/mol. The van der Waals surface area contributed by atoms with Crippen LogP contribution in [0.5, 0.6) is 11.5 Å². The lowest BCUT2D eigenvalue weighted by Gasteiger charge is -2.30. The molecule has 2 aliphatic rings. The summed E-state index contributed by atoms with van der Waals surface area (Å²) in [6.07, 6.45) is 5.12. The fourth-order valence-corrected chi connectivity index (χ4v) is 6.45. The number of para-hydroxylation sites is 4. The molecule has 0 bridgehead atoms. The van der Waals surface area contributed by atoms with E-state index in [9.17, 15) is 4.79 Å². The van der Waals surface area contributed by atoms with E-state index in [2.05, 4.69) is 45.6 Å². The molecule has 0 N–H and O–H groups in total. The Morgan fingerprint density at radius 2 is 1.61 bits per heavy atom. The molecular formula is C36H45N5O3. The fourth-order valence-electron chi connectivity index (χ4n) is 6.45. The summed E-state index contributed by atoms with van der Waals surface area (Å²) in [6, 6.07) is 25.8. The third-order valence-corrected chi connectivity index (χ3v) is 8.90. The number of carbonyl (C=O) groups excluding carboxylic acids is 1. The maximum atomic E-state index is 13.2. The van der Waals surface area contributed by atoms with Crippen molar-refractivity contribution in [3.63, 3.8) is 0 Å². The van der Waals surface area contributed by atoms with Crippen LogP contribution in [0.3, 0.4) is 0 Å². The van der Waals surface area contributed by atoms with Gasteiger partial charge >= 0.3 is 0 Å². The van der Waals surface area contributed by atoms with E-state index < -0.39 is 6.29 Å². The van der Waals surface area contributed by atoms with Crippen LogP contribution in [0.25, 0.3) is 11.0 Å². The van der Waals surface area contributed by atoms with Gasteiger partial charge in [-0.25, -0.2) is 4.98 Å². The van der Waals surface area contributed by atoms with Crippen molar-refractivity contribution in [2.75, 3.05) is 51.2 Å². The summed E-state index contributed by atoms with van der Waals surface area (Å²) in [7, 11) is 1.88. The van der Waals surface area contributed by atoms with Gasteiger partial charge in [-0.05, 0) is 68.8 Å². The molecule has 3 aromatic carbocycles. The number of rotatable bonds is 12. The molecule has 3 heterocycles. The number of hydrogen-bond acceptors (Lipinski definition) is 6. The molecule has 0 aliphatic carbocycles. The zero-order valence-corrected chi connectivity index (χ0v) is 26.1. The highest BCUT2D eigenvalue weighted by molar-refractivity contribution is 5.94.